The molecule has 0 aliphatic rings. The summed E-state index contributed by atoms with van der Waals surface area (Å²) in [5.41, 5.74) is 1.08. The van der Waals surface area contributed by atoms with Gasteiger partial charge in [0.15, 0.2) is 11.5 Å². The van der Waals surface area contributed by atoms with Crippen molar-refractivity contribution in [2.45, 2.75) is 26.2 Å². The van der Waals surface area contributed by atoms with Gasteiger partial charge in [-0.05, 0) is 18.1 Å². The van der Waals surface area contributed by atoms with E-state index in [4.69, 9.17) is 19.0 Å². The number of aliphatic hydroxyl groups is 1. The average Bonchev–Trinajstić information content (AvgIpc) is 2.47. The van der Waals surface area contributed by atoms with Gasteiger partial charge in [-0.15, -0.1) is 0 Å². The van der Waals surface area contributed by atoms with E-state index in [0.29, 0.717) is 30.1 Å². The zero-order valence-electron chi connectivity index (χ0n) is 12.3. The molecule has 0 aliphatic carbocycles. The van der Waals surface area contributed by atoms with Gasteiger partial charge in [0, 0.05) is 30.5 Å². The van der Waals surface area contributed by atoms with E-state index < -0.39 is 0 Å². The first-order valence-corrected chi connectivity index (χ1v) is 7.08. The minimum absolute atomic E-state index is 0.0753. The molecule has 0 atom stereocenters. The zero-order valence-corrected chi connectivity index (χ0v) is 12.3. The maximum atomic E-state index is 11.6. The molecule has 2 aromatic rings. The highest BCUT2D eigenvalue weighted by Gasteiger charge is 2.12. The fraction of sp³-hybridized carbons (Fsp3) is 0.438. The molecule has 114 valence electrons. The molecule has 1 heterocycles. The molecule has 5 nitrogen and oxygen atoms in total. The van der Waals surface area contributed by atoms with Crippen molar-refractivity contribution in [3.8, 4) is 11.5 Å². The number of fused-ring (bicyclic) bond motifs is 1. The van der Waals surface area contributed by atoms with Crippen LogP contribution in [0, 0.1) is 0 Å². The predicted octanol–water partition coefficient (Wildman–Crippen LogP) is 2.52. The molecule has 1 aromatic carbocycles. The summed E-state index contributed by atoms with van der Waals surface area (Å²) in [5, 5.41) is 9.68. The first kappa shape index (κ1) is 15.4. The molecule has 1 N–H and O–H groups in total. The summed E-state index contributed by atoms with van der Waals surface area (Å²) in [4.78, 5) is 11.6. The van der Waals surface area contributed by atoms with Gasteiger partial charge in [0.1, 0.15) is 5.58 Å². The second kappa shape index (κ2) is 7.13. The summed E-state index contributed by atoms with van der Waals surface area (Å²) >= 11 is 0. The molecule has 0 spiro atoms. The van der Waals surface area contributed by atoms with Crippen LogP contribution in [0.3, 0.4) is 0 Å². The summed E-state index contributed by atoms with van der Waals surface area (Å²) in [6.07, 6.45) is 2.28. The van der Waals surface area contributed by atoms with Crippen molar-refractivity contribution in [1.82, 2.24) is 0 Å². The van der Waals surface area contributed by atoms with Gasteiger partial charge in [0.05, 0.1) is 13.7 Å². The highest BCUT2D eigenvalue weighted by atomic mass is 16.5. The summed E-state index contributed by atoms with van der Waals surface area (Å²) < 4.78 is 16.2. The van der Waals surface area contributed by atoms with E-state index in [1.807, 2.05) is 6.07 Å². The fourth-order valence-electron chi connectivity index (χ4n) is 2.23. The SMILES string of the molecule is CCCc1cc(=O)oc2cc(OC)c(OCCCO)cc12. The van der Waals surface area contributed by atoms with Crippen LogP contribution in [0.25, 0.3) is 11.0 Å². The van der Waals surface area contributed by atoms with Crippen molar-refractivity contribution in [3.63, 3.8) is 0 Å². The second-order valence-electron chi connectivity index (χ2n) is 4.77. The molecule has 21 heavy (non-hydrogen) atoms. The minimum Gasteiger partial charge on any atom is -0.493 e. The van der Waals surface area contributed by atoms with E-state index in [9.17, 15) is 4.79 Å². The number of ether oxygens (including phenoxy) is 2. The third-order valence-corrected chi connectivity index (χ3v) is 3.19. The molecule has 0 saturated heterocycles. The van der Waals surface area contributed by atoms with Crippen molar-refractivity contribution >= 4 is 11.0 Å². The van der Waals surface area contributed by atoms with Crippen LogP contribution in [-0.4, -0.2) is 25.4 Å². The van der Waals surface area contributed by atoms with Crippen LogP contribution in [0.1, 0.15) is 25.3 Å². The van der Waals surface area contributed by atoms with Crippen LogP contribution in [0.4, 0.5) is 0 Å². The highest BCUT2D eigenvalue weighted by Crippen LogP contribution is 2.33. The Hall–Kier alpha value is -2.01. The molecule has 0 saturated carbocycles. The van der Waals surface area contributed by atoms with Crippen LogP contribution in [0.2, 0.25) is 0 Å². The Morgan fingerprint density at radius 2 is 2.05 bits per heavy atom. The number of rotatable bonds is 7. The molecule has 1 aromatic heterocycles. The van der Waals surface area contributed by atoms with Crippen molar-refractivity contribution in [2.24, 2.45) is 0 Å². The third kappa shape index (κ3) is 3.55. The molecule has 0 aliphatic heterocycles. The topological polar surface area (TPSA) is 68.9 Å². The Morgan fingerprint density at radius 1 is 1.24 bits per heavy atom. The lowest BCUT2D eigenvalue weighted by molar-refractivity contribution is 0.228. The van der Waals surface area contributed by atoms with Crippen LogP contribution in [-0.2, 0) is 6.42 Å². The fourth-order valence-corrected chi connectivity index (χ4v) is 2.23. The summed E-state index contributed by atoms with van der Waals surface area (Å²) in [6.45, 7) is 2.53. The van der Waals surface area contributed by atoms with Gasteiger partial charge >= 0.3 is 5.63 Å². The lowest BCUT2D eigenvalue weighted by Gasteiger charge is -2.12. The van der Waals surface area contributed by atoms with Gasteiger partial charge in [-0.2, -0.15) is 0 Å². The molecular weight excluding hydrogens is 272 g/mol. The molecule has 0 amide bonds. The maximum Gasteiger partial charge on any atom is 0.336 e. The predicted molar refractivity (Wildman–Crippen MR) is 80.2 cm³/mol. The molecule has 2 rings (SSSR count). The molecule has 0 fully saturated rings. The van der Waals surface area contributed by atoms with E-state index in [1.54, 1.807) is 6.07 Å². The number of benzene rings is 1. The number of aryl methyl sites for hydroxylation is 1. The van der Waals surface area contributed by atoms with E-state index in [-0.39, 0.29) is 12.2 Å². The Balaban J connectivity index is 2.50. The summed E-state index contributed by atoms with van der Waals surface area (Å²) in [6, 6.07) is 5.03. The molecule has 5 heteroatoms. The van der Waals surface area contributed by atoms with Crippen LogP contribution >= 0.6 is 0 Å². The quantitative estimate of drug-likeness (QED) is 0.627. The second-order valence-corrected chi connectivity index (χ2v) is 4.77. The number of hydrogen-bond acceptors (Lipinski definition) is 5. The van der Waals surface area contributed by atoms with Gasteiger partial charge < -0.3 is 19.0 Å². The van der Waals surface area contributed by atoms with Gasteiger partial charge in [-0.3, -0.25) is 0 Å². The van der Waals surface area contributed by atoms with Crippen LogP contribution in [0.5, 0.6) is 11.5 Å². The van der Waals surface area contributed by atoms with Gasteiger partial charge in [-0.1, -0.05) is 13.3 Å². The van der Waals surface area contributed by atoms with Crippen molar-refractivity contribution in [2.75, 3.05) is 20.3 Å². The normalized spacial score (nSPS) is 10.8. The Morgan fingerprint density at radius 3 is 2.71 bits per heavy atom. The largest absolute Gasteiger partial charge is 0.493 e. The molecular formula is C16H20O5. The lowest BCUT2D eigenvalue weighted by atomic mass is 10.1. The first-order valence-electron chi connectivity index (χ1n) is 7.08. The van der Waals surface area contributed by atoms with Crippen molar-refractivity contribution < 1.29 is 19.0 Å². The molecule has 0 radical (unpaired) electrons. The average molecular weight is 292 g/mol. The lowest BCUT2D eigenvalue weighted by Crippen LogP contribution is -2.04. The number of aliphatic hydroxyl groups excluding tert-OH is 1. The summed E-state index contributed by atoms with van der Waals surface area (Å²) in [5.74, 6) is 1.10. The Bertz CT molecular complexity index is 660. The van der Waals surface area contributed by atoms with Gasteiger partial charge in [-0.25, -0.2) is 4.79 Å². The third-order valence-electron chi connectivity index (χ3n) is 3.19. The van der Waals surface area contributed by atoms with Crippen LogP contribution in [0.15, 0.2) is 27.4 Å². The first-order chi connectivity index (χ1) is 10.2. The monoisotopic (exact) mass is 292 g/mol. The Kier molecular flexibility index (Phi) is 5.22. The van der Waals surface area contributed by atoms with Gasteiger partial charge in [0.25, 0.3) is 0 Å². The van der Waals surface area contributed by atoms with E-state index >= 15 is 0 Å². The Labute approximate surface area is 123 Å². The van der Waals surface area contributed by atoms with Crippen LogP contribution < -0.4 is 15.1 Å². The standard InChI is InChI=1S/C16H20O5/c1-3-5-11-8-16(18)21-13-10-14(19-2)15(9-12(11)13)20-7-4-6-17/h8-10,17H,3-7H2,1-2H3. The van der Waals surface area contributed by atoms with E-state index in [2.05, 4.69) is 6.92 Å². The molecule has 0 bridgehead atoms. The van der Waals surface area contributed by atoms with Gasteiger partial charge in [0.2, 0.25) is 0 Å². The van der Waals surface area contributed by atoms with E-state index in [0.717, 1.165) is 23.8 Å². The highest BCUT2D eigenvalue weighted by molar-refractivity contribution is 5.84. The molecule has 0 unspecified atom stereocenters. The maximum absolute atomic E-state index is 11.6. The number of methoxy groups -OCH3 is 1. The minimum atomic E-state index is -0.359. The smallest absolute Gasteiger partial charge is 0.336 e. The number of hydrogen-bond donors (Lipinski definition) is 1. The van der Waals surface area contributed by atoms with Crippen molar-refractivity contribution in [3.05, 3.63) is 34.2 Å². The van der Waals surface area contributed by atoms with Crippen molar-refractivity contribution in [1.29, 1.82) is 0 Å². The summed E-state index contributed by atoms with van der Waals surface area (Å²) in [7, 11) is 1.54. The zero-order chi connectivity index (χ0) is 15.2. The van der Waals surface area contributed by atoms with E-state index in [1.165, 1.54) is 13.2 Å².